The first kappa shape index (κ1) is 13.6. The number of rotatable bonds is 3. The minimum atomic E-state index is -0.154. The lowest BCUT2D eigenvalue weighted by atomic mass is 10.1. The summed E-state index contributed by atoms with van der Waals surface area (Å²) in [5.74, 6) is 2.36. The molecule has 3 nitrogen and oxygen atoms in total. The highest BCUT2D eigenvalue weighted by Gasteiger charge is 2.13. The highest BCUT2D eigenvalue weighted by molar-refractivity contribution is 9.10. The second-order valence-corrected chi connectivity index (χ2v) is 4.87. The van der Waals surface area contributed by atoms with Gasteiger partial charge in [0, 0.05) is 28.2 Å². The van der Waals surface area contributed by atoms with Crippen molar-refractivity contribution in [3.8, 4) is 12.3 Å². The second kappa shape index (κ2) is 5.74. The Morgan fingerprint density at radius 2 is 2.29 bits per heavy atom. The Balaban J connectivity index is 2.94. The first-order valence-corrected chi connectivity index (χ1v) is 6.05. The minimum Gasteiger partial charge on any atom is -0.398 e. The Kier molecular flexibility index (Phi) is 4.59. The molecule has 0 radical (unpaired) electrons. The lowest BCUT2D eigenvalue weighted by Gasteiger charge is -2.13. The average molecular weight is 295 g/mol. The Bertz CT molecular complexity index is 477. The number of hydrogen-bond acceptors (Lipinski definition) is 2. The molecule has 0 aromatic heterocycles. The molecule has 0 bridgehead atoms. The summed E-state index contributed by atoms with van der Waals surface area (Å²) in [4.78, 5) is 12.0. The van der Waals surface area contributed by atoms with Gasteiger partial charge < -0.3 is 11.1 Å². The molecule has 0 spiro atoms. The van der Waals surface area contributed by atoms with Gasteiger partial charge in [-0.3, -0.25) is 4.79 Å². The first-order valence-electron chi connectivity index (χ1n) is 5.25. The van der Waals surface area contributed by atoms with E-state index in [1.807, 2.05) is 13.8 Å². The van der Waals surface area contributed by atoms with Crippen LogP contribution in [0.25, 0.3) is 0 Å². The molecule has 4 heteroatoms. The summed E-state index contributed by atoms with van der Waals surface area (Å²) >= 11 is 3.32. The molecule has 1 atom stereocenters. The molecule has 1 aromatic rings. The van der Waals surface area contributed by atoms with Crippen LogP contribution in [0.15, 0.2) is 16.6 Å². The largest absolute Gasteiger partial charge is 0.398 e. The van der Waals surface area contributed by atoms with Crippen LogP contribution in [0.4, 0.5) is 5.69 Å². The molecular weight excluding hydrogens is 280 g/mol. The Hall–Kier alpha value is -1.47. The summed E-state index contributed by atoms with van der Waals surface area (Å²) in [5.41, 5.74) is 7.74. The quantitative estimate of drug-likeness (QED) is 0.665. The normalized spacial score (nSPS) is 11.6. The van der Waals surface area contributed by atoms with Gasteiger partial charge in [-0.25, -0.2) is 0 Å². The standard InChI is InChI=1S/C13H15BrN2O/c1-4-5-8(2)16-13(17)11-6-10(14)7-12(15)9(11)3/h1,6-8H,5,15H2,2-3H3,(H,16,17). The summed E-state index contributed by atoms with van der Waals surface area (Å²) < 4.78 is 0.787. The van der Waals surface area contributed by atoms with E-state index in [9.17, 15) is 4.79 Å². The zero-order valence-electron chi connectivity index (χ0n) is 9.88. The third-order valence-corrected chi connectivity index (χ3v) is 2.92. The Morgan fingerprint density at radius 3 is 2.88 bits per heavy atom. The number of benzene rings is 1. The lowest BCUT2D eigenvalue weighted by molar-refractivity contribution is 0.0940. The molecule has 0 saturated heterocycles. The number of nitrogens with one attached hydrogen (secondary N) is 1. The number of carbonyl (C=O) groups excluding carboxylic acids is 1. The number of amides is 1. The third kappa shape index (κ3) is 3.50. The molecule has 0 aliphatic heterocycles. The lowest BCUT2D eigenvalue weighted by Crippen LogP contribution is -2.32. The molecule has 0 fully saturated rings. The molecule has 1 aromatic carbocycles. The second-order valence-electron chi connectivity index (χ2n) is 3.95. The topological polar surface area (TPSA) is 55.1 Å². The van der Waals surface area contributed by atoms with Gasteiger partial charge in [0.15, 0.2) is 0 Å². The van der Waals surface area contributed by atoms with Crippen LogP contribution in [0.1, 0.15) is 29.3 Å². The fraction of sp³-hybridized carbons (Fsp3) is 0.308. The van der Waals surface area contributed by atoms with Gasteiger partial charge in [-0.05, 0) is 31.5 Å². The number of terminal acetylenes is 1. The zero-order valence-corrected chi connectivity index (χ0v) is 11.5. The van der Waals surface area contributed by atoms with Gasteiger partial charge in [-0.1, -0.05) is 15.9 Å². The van der Waals surface area contributed by atoms with Crippen LogP contribution in [0.2, 0.25) is 0 Å². The number of halogens is 1. The fourth-order valence-corrected chi connectivity index (χ4v) is 1.94. The number of nitrogens with two attached hydrogens (primary N) is 1. The number of carbonyl (C=O) groups is 1. The van der Waals surface area contributed by atoms with E-state index in [1.165, 1.54) is 0 Å². The summed E-state index contributed by atoms with van der Waals surface area (Å²) in [6, 6.07) is 3.48. The fourth-order valence-electron chi connectivity index (χ4n) is 1.47. The molecule has 3 N–H and O–H groups in total. The maximum atomic E-state index is 12.0. The van der Waals surface area contributed by atoms with E-state index in [2.05, 4.69) is 27.2 Å². The van der Waals surface area contributed by atoms with Crippen LogP contribution in [0.5, 0.6) is 0 Å². The molecule has 0 aliphatic carbocycles. The van der Waals surface area contributed by atoms with Crippen molar-refractivity contribution in [1.82, 2.24) is 5.32 Å². The SMILES string of the molecule is C#CCC(C)NC(=O)c1cc(Br)cc(N)c1C. The zero-order chi connectivity index (χ0) is 13.0. The van der Waals surface area contributed by atoms with Crippen LogP contribution < -0.4 is 11.1 Å². The molecule has 1 amide bonds. The molecular formula is C13H15BrN2O. The maximum absolute atomic E-state index is 12.0. The Labute approximate surface area is 110 Å². The van der Waals surface area contributed by atoms with Crippen LogP contribution in [-0.4, -0.2) is 11.9 Å². The van der Waals surface area contributed by atoms with Crippen molar-refractivity contribution >= 4 is 27.5 Å². The van der Waals surface area contributed by atoms with Crippen molar-refractivity contribution in [2.24, 2.45) is 0 Å². The molecule has 0 heterocycles. The van der Waals surface area contributed by atoms with Crippen LogP contribution in [0, 0.1) is 19.3 Å². The third-order valence-electron chi connectivity index (χ3n) is 2.46. The van der Waals surface area contributed by atoms with Crippen molar-refractivity contribution in [2.45, 2.75) is 26.3 Å². The van der Waals surface area contributed by atoms with E-state index in [0.29, 0.717) is 17.7 Å². The highest BCUT2D eigenvalue weighted by Crippen LogP contribution is 2.22. The van der Waals surface area contributed by atoms with Crippen molar-refractivity contribution in [2.75, 3.05) is 5.73 Å². The van der Waals surface area contributed by atoms with Crippen molar-refractivity contribution in [3.05, 3.63) is 27.7 Å². The van der Waals surface area contributed by atoms with Crippen molar-refractivity contribution in [3.63, 3.8) is 0 Å². The molecule has 1 rings (SSSR count). The van der Waals surface area contributed by atoms with Gasteiger partial charge in [0.05, 0.1) is 0 Å². The maximum Gasteiger partial charge on any atom is 0.251 e. The molecule has 17 heavy (non-hydrogen) atoms. The van der Waals surface area contributed by atoms with Gasteiger partial charge in [0.25, 0.3) is 5.91 Å². The summed E-state index contributed by atoms with van der Waals surface area (Å²) in [6.45, 7) is 3.69. The summed E-state index contributed by atoms with van der Waals surface area (Å²) in [7, 11) is 0. The first-order chi connectivity index (χ1) is 7.95. The van der Waals surface area contributed by atoms with E-state index in [-0.39, 0.29) is 11.9 Å². The van der Waals surface area contributed by atoms with E-state index in [0.717, 1.165) is 10.0 Å². The summed E-state index contributed by atoms with van der Waals surface area (Å²) in [6.07, 6.45) is 5.70. The minimum absolute atomic E-state index is 0.0490. The molecule has 1 unspecified atom stereocenters. The van der Waals surface area contributed by atoms with Gasteiger partial charge in [-0.15, -0.1) is 12.3 Å². The van der Waals surface area contributed by atoms with E-state index >= 15 is 0 Å². The number of nitrogen functional groups attached to an aromatic ring is 1. The van der Waals surface area contributed by atoms with Crippen molar-refractivity contribution < 1.29 is 4.79 Å². The van der Waals surface area contributed by atoms with E-state index in [4.69, 9.17) is 12.2 Å². The van der Waals surface area contributed by atoms with Crippen molar-refractivity contribution in [1.29, 1.82) is 0 Å². The highest BCUT2D eigenvalue weighted by atomic mass is 79.9. The smallest absolute Gasteiger partial charge is 0.251 e. The predicted octanol–water partition coefficient (Wildman–Crippen LogP) is 2.48. The number of anilines is 1. The summed E-state index contributed by atoms with van der Waals surface area (Å²) in [5, 5.41) is 2.83. The van der Waals surface area contributed by atoms with Gasteiger partial charge in [0.1, 0.15) is 0 Å². The van der Waals surface area contributed by atoms with Gasteiger partial charge >= 0.3 is 0 Å². The monoisotopic (exact) mass is 294 g/mol. The predicted molar refractivity (Wildman–Crippen MR) is 73.7 cm³/mol. The Morgan fingerprint density at radius 1 is 1.65 bits per heavy atom. The van der Waals surface area contributed by atoms with Gasteiger partial charge in [0.2, 0.25) is 0 Å². The molecule has 90 valence electrons. The van der Waals surface area contributed by atoms with Gasteiger partial charge in [-0.2, -0.15) is 0 Å². The molecule has 0 saturated carbocycles. The molecule has 0 aliphatic rings. The van der Waals surface area contributed by atoms with E-state index < -0.39 is 0 Å². The average Bonchev–Trinajstić information content (AvgIpc) is 2.23. The van der Waals surface area contributed by atoms with E-state index in [1.54, 1.807) is 12.1 Å². The van der Waals surface area contributed by atoms with Crippen LogP contribution in [0.3, 0.4) is 0 Å². The van der Waals surface area contributed by atoms with Crippen LogP contribution >= 0.6 is 15.9 Å². The van der Waals surface area contributed by atoms with Crippen LogP contribution in [-0.2, 0) is 0 Å². The number of hydrogen-bond donors (Lipinski definition) is 2.